The summed E-state index contributed by atoms with van der Waals surface area (Å²) < 4.78 is 27.7. The number of hydrogen-bond acceptors (Lipinski definition) is 2. The molecule has 0 spiro atoms. The largest absolute Gasteiger partial charge is 0.389 e. The lowest BCUT2D eigenvalue weighted by molar-refractivity contribution is 0.623. The Kier molecular flexibility index (Phi) is 4.35. The third-order valence-electron chi connectivity index (χ3n) is 2.67. The van der Waals surface area contributed by atoms with Gasteiger partial charge in [-0.15, -0.1) is 0 Å². The second-order valence-corrected chi connectivity index (χ2v) is 5.53. The Balaban J connectivity index is 2.39. The van der Waals surface area contributed by atoms with Gasteiger partial charge in [0, 0.05) is 11.3 Å². The minimum atomic E-state index is -0.530. The van der Waals surface area contributed by atoms with Crippen molar-refractivity contribution in [2.24, 2.45) is 5.73 Å². The summed E-state index contributed by atoms with van der Waals surface area (Å²) in [5.41, 5.74) is 7.33. The second-order valence-electron chi connectivity index (χ2n) is 4.30. The Labute approximate surface area is 129 Å². The highest BCUT2D eigenvalue weighted by Gasteiger charge is 2.13. The predicted molar refractivity (Wildman–Crippen MR) is 84.4 cm³/mol. The van der Waals surface area contributed by atoms with Crippen molar-refractivity contribution in [1.82, 2.24) is 0 Å². The number of anilines is 2. The van der Waals surface area contributed by atoms with E-state index in [4.69, 9.17) is 18.0 Å². The molecule has 6 heteroatoms. The Morgan fingerprint density at radius 1 is 1.25 bits per heavy atom. The van der Waals surface area contributed by atoms with E-state index in [9.17, 15) is 8.78 Å². The molecule has 0 saturated carbocycles. The maximum atomic E-state index is 14.2. The number of rotatable bonds is 3. The van der Waals surface area contributed by atoms with Crippen molar-refractivity contribution < 1.29 is 8.78 Å². The van der Waals surface area contributed by atoms with Crippen molar-refractivity contribution in [1.29, 1.82) is 0 Å². The van der Waals surface area contributed by atoms with Crippen LogP contribution in [0.5, 0.6) is 0 Å². The molecule has 2 nitrogen and oxygen atoms in total. The first-order valence-electron chi connectivity index (χ1n) is 5.70. The van der Waals surface area contributed by atoms with Gasteiger partial charge in [-0.05, 0) is 58.7 Å². The number of benzene rings is 2. The van der Waals surface area contributed by atoms with Crippen LogP contribution < -0.4 is 11.1 Å². The third-order valence-corrected chi connectivity index (χ3v) is 3.66. The number of thiocarbonyl (C=S) groups is 1. The molecule has 0 unspecified atom stereocenters. The minimum absolute atomic E-state index is 0.101. The first-order chi connectivity index (χ1) is 9.38. The van der Waals surface area contributed by atoms with E-state index in [0.29, 0.717) is 11.3 Å². The van der Waals surface area contributed by atoms with E-state index in [1.807, 2.05) is 0 Å². The van der Waals surface area contributed by atoms with Gasteiger partial charge in [-0.3, -0.25) is 0 Å². The lowest BCUT2D eigenvalue weighted by Crippen LogP contribution is -2.11. The molecule has 20 heavy (non-hydrogen) atoms. The fourth-order valence-corrected chi connectivity index (χ4v) is 2.66. The lowest BCUT2D eigenvalue weighted by Gasteiger charge is -2.12. The van der Waals surface area contributed by atoms with Crippen molar-refractivity contribution in [3.63, 3.8) is 0 Å². The van der Waals surface area contributed by atoms with E-state index >= 15 is 0 Å². The number of hydrogen-bond donors (Lipinski definition) is 2. The summed E-state index contributed by atoms with van der Waals surface area (Å²) in [5, 5.41) is 2.83. The molecule has 0 aromatic heterocycles. The van der Waals surface area contributed by atoms with E-state index in [1.54, 1.807) is 19.1 Å². The van der Waals surface area contributed by atoms with Crippen LogP contribution in [0.15, 0.2) is 34.8 Å². The molecule has 0 atom stereocenters. The molecular formula is C14H11BrF2N2S. The molecule has 0 aliphatic rings. The van der Waals surface area contributed by atoms with E-state index < -0.39 is 5.82 Å². The smallest absolute Gasteiger partial charge is 0.161 e. The van der Waals surface area contributed by atoms with Crippen LogP contribution >= 0.6 is 28.1 Å². The molecule has 0 radical (unpaired) electrons. The summed E-state index contributed by atoms with van der Waals surface area (Å²) in [7, 11) is 0. The summed E-state index contributed by atoms with van der Waals surface area (Å²) in [5.74, 6) is -0.913. The number of aryl methyl sites for hydroxylation is 1. The normalized spacial score (nSPS) is 10.4. The average molecular weight is 357 g/mol. The van der Waals surface area contributed by atoms with Gasteiger partial charge < -0.3 is 11.1 Å². The topological polar surface area (TPSA) is 38.0 Å². The standard InChI is InChI=1S/C14H11BrF2N2S/c1-7-4-8(16)6-9(5-7)19-11-3-2-10(14(18)20)12(15)13(11)17/h2-6,19H,1H3,(H2,18,20). The summed E-state index contributed by atoms with van der Waals surface area (Å²) in [4.78, 5) is 0.101. The lowest BCUT2D eigenvalue weighted by atomic mass is 10.1. The van der Waals surface area contributed by atoms with E-state index in [0.717, 1.165) is 5.56 Å². The first kappa shape index (κ1) is 14.9. The van der Waals surface area contributed by atoms with Gasteiger partial charge >= 0.3 is 0 Å². The fourth-order valence-electron chi connectivity index (χ4n) is 1.80. The molecule has 3 N–H and O–H groups in total. The van der Waals surface area contributed by atoms with Crippen molar-refractivity contribution in [2.45, 2.75) is 6.92 Å². The highest BCUT2D eigenvalue weighted by atomic mass is 79.9. The zero-order valence-corrected chi connectivity index (χ0v) is 12.9. The van der Waals surface area contributed by atoms with Crippen LogP contribution in [0, 0.1) is 18.6 Å². The van der Waals surface area contributed by atoms with E-state index in [-0.39, 0.29) is 21.0 Å². The van der Waals surface area contributed by atoms with Crippen LogP contribution in [0.4, 0.5) is 20.2 Å². The molecule has 104 valence electrons. The van der Waals surface area contributed by atoms with Gasteiger partial charge in [0.25, 0.3) is 0 Å². The summed E-state index contributed by atoms with van der Waals surface area (Å²) >= 11 is 7.94. The molecule has 0 amide bonds. The van der Waals surface area contributed by atoms with Crippen LogP contribution in [0.1, 0.15) is 11.1 Å². The molecule has 2 rings (SSSR count). The maximum absolute atomic E-state index is 14.2. The van der Waals surface area contributed by atoms with Crippen molar-refractivity contribution in [3.8, 4) is 0 Å². The van der Waals surface area contributed by atoms with Gasteiger partial charge in [-0.2, -0.15) is 0 Å². The molecule has 0 aliphatic carbocycles. The minimum Gasteiger partial charge on any atom is -0.389 e. The Morgan fingerprint density at radius 2 is 1.95 bits per heavy atom. The second kappa shape index (κ2) is 5.85. The van der Waals surface area contributed by atoms with Crippen LogP contribution in [-0.4, -0.2) is 4.99 Å². The monoisotopic (exact) mass is 356 g/mol. The molecule has 0 heterocycles. The average Bonchev–Trinajstić information content (AvgIpc) is 2.33. The number of nitrogens with one attached hydrogen (secondary N) is 1. The van der Waals surface area contributed by atoms with Gasteiger partial charge in [-0.1, -0.05) is 12.2 Å². The molecular weight excluding hydrogens is 346 g/mol. The van der Waals surface area contributed by atoms with Crippen molar-refractivity contribution in [3.05, 3.63) is 57.6 Å². The molecule has 0 fully saturated rings. The Morgan fingerprint density at radius 3 is 2.55 bits per heavy atom. The Hall–Kier alpha value is -1.53. The molecule has 2 aromatic rings. The predicted octanol–water partition coefficient (Wildman–Crippen LogP) is 4.41. The highest BCUT2D eigenvalue weighted by Crippen LogP contribution is 2.29. The Bertz CT molecular complexity index is 669. The third kappa shape index (κ3) is 3.13. The SMILES string of the molecule is Cc1cc(F)cc(Nc2ccc(C(N)=S)c(Br)c2F)c1. The van der Waals surface area contributed by atoms with Gasteiger partial charge in [0.2, 0.25) is 0 Å². The molecule has 0 saturated heterocycles. The van der Waals surface area contributed by atoms with Crippen molar-refractivity contribution >= 4 is 44.5 Å². The number of halogens is 3. The summed E-state index contributed by atoms with van der Waals surface area (Å²) in [6.07, 6.45) is 0. The number of nitrogens with two attached hydrogens (primary N) is 1. The van der Waals surface area contributed by atoms with Crippen LogP contribution in [0.2, 0.25) is 0 Å². The van der Waals surface area contributed by atoms with E-state index in [2.05, 4.69) is 21.2 Å². The van der Waals surface area contributed by atoms with Crippen LogP contribution in [0.25, 0.3) is 0 Å². The summed E-state index contributed by atoms with van der Waals surface area (Å²) in [6, 6.07) is 7.52. The van der Waals surface area contributed by atoms with Gasteiger partial charge in [0.05, 0.1) is 10.2 Å². The fraction of sp³-hybridized carbons (Fsp3) is 0.0714. The van der Waals surface area contributed by atoms with E-state index in [1.165, 1.54) is 18.2 Å². The maximum Gasteiger partial charge on any atom is 0.161 e. The van der Waals surface area contributed by atoms with Gasteiger partial charge in [-0.25, -0.2) is 8.78 Å². The van der Waals surface area contributed by atoms with Crippen LogP contribution in [0.3, 0.4) is 0 Å². The molecule has 0 aliphatic heterocycles. The zero-order chi connectivity index (χ0) is 14.9. The highest BCUT2D eigenvalue weighted by molar-refractivity contribution is 9.10. The molecule has 2 aromatic carbocycles. The van der Waals surface area contributed by atoms with Gasteiger partial charge in [0.1, 0.15) is 10.8 Å². The molecule has 0 bridgehead atoms. The van der Waals surface area contributed by atoms with Crippen molar-refractivity contribution in [2.75, 3.05) is 5.32 Å². The van der Waals surface area contributed by atoms with Gasteiger partial charge in [0.15, 0.2) is 5.82 Å². The zero-order valence-electron chi connectivity index (χ0n) is 10.5. The summed E-state index contributed by atoms with van der Waals surface area (Å²) in [6.45, 7) is 1.76. The first-order valence-corrected chi connectivity index (χ1v) is 6.90. The quantitative estimate of drug-likeness (QED) is 0.799. The van der Waals surface area contributed by atoms with Crippen LogP contribution in [-0.2, 0) is 0 Å².